The molecule has 1 amide bonds. The summed E-state index contributed by atoms with van der Waals surface area (Å²) in [6, 6.07) is 13.9. The third kappa shape index (κ3) is 4.98. The van der Waals surface area contributed by atoms with Crippen LogP contribution in [0.1, 0.15) is 25.8 Å². The zero-order valence-electron chi connectivity index (χ0n) is 17.1. The van der Waals surface area contributed by atoms with E-state index in [1.807, 2.05) is 39.8 Å². The zero-order valence-corrected chi connectivity index (χ0v) is 19.5. The molecule has 3 aromatic rings. The van der Waals surface area contributed by atoms with E-state index >= 15 is 0 Å². The van der Waals surface area contributed by atoms with Gasteiger partial charge in [0.1, 0.15) is 0 Å². The maximum atomic E-state index is 12.8. The molecule has 0 aliphatic carbocycles. The second-order valence-corrected chi connectivity index (χ2v) is 9.74. The summed E-state index contributed by atoms with van der Waals surface area (Å²) in [5, 5.41) is 9.45. The Kier molecular flexibility index (Phi) is 6.63. The number of halogens is 1. The van der Waals surface area contributed by atoms with Gasteiger partial charge in [-0.15, -0.1) is 10.2 Å². The molecule has 0 saturated carbocycles. The van der Waals surface area contributed by atoms with Crippen LogP contribution >= 0.6 is 27.7 Å². The van der Waals surface area contributed by atoms with E-state index in [1.54, 1.807) is 0 Å². The van der Waals surface area contributed by atoms with Gasteiger partial charge in [-0.1, -0.05) is 55.9 Å². The molecule has 158 valence electrons. The Bertz CT molecular complexity index is 994. The number of carbonyl (C=O) groups excluding carboxylic acids is 1. The standard InChI is InChI=1S/C22H25BrN4O2S/c1-15-10-16(2)12-26(11-15)20(28)14-30-22-25-24-21(18-8-9-19(23)29-18)27(22)13-17-6-4-3-5-7-17/h3-9,15-16H,10-14H2,1-2H3/t15-,16-/m0/s1. The molecule has 8 heteroatoms. The summed E-state index contributed by atoms with van der Waals surface area (Å²) >= 11 is 4.79. The number of aromatic nitrogens is 3. The highest BCUT2D eigenvalue weighted by Gasteiger charge is 2.26. The Balaban J connectivity index is 1.53. The molecule has 1 saturated heterocycles. The molecule has 1 aliphatic rings. The Morgan fingerprint density at radius 1 is 1.13 bits per heavy atom. The van der Waals surface area contributed by atoms with Crippen molar-refractivity contribution in [3.8, 4) is 11.6 Å². The second kappa shape index (κ2) is 9.39. The topological polar surface area (TPSA) is 64.2 Å². The lowest BCUT2D eigenvalue weighted by atomic mass is 9.92. The second-order valence-electron chi connectivity index (χ2n) is 8.02. The van der Waals surface area contributed by atoms with Crippen LogP contribution in [0.25, 0.3) is 11.6 Å². The van der Waals surface area contributed by atoms with Crippen LogP contribution in [0.5, 0.6) is 0 Å². The number of hydrogen-bond acceptors (Lipinski definition) is 5. The smallest absolute Gasteiger partial charge is 0.233 e. The number of furan rings is 1. The molecule has 6 nitrogen and oxygen atoms in total. The molecule has 2 atom stereocenters. The minimum Gasteiger partial charge on any atom is -0.446 e. The van der Waals surface area contributed by atoms with Gasteiger partial charge >= 0.3 is 0 Å². The van der Waals surface area contributed by atoms with Gasteiger partial charge < -0.3 is 9.32 Å². The SMILES string of the molecule is C[C@H]1C[C@H](C)CN(C(=O)CSc2nnc(-c3ccc(Br)o3)n2Cc2ccccc2)C1. The van der Waals surface area contributed by atoms with Crippen molar-refractivity contribution in [1.29, 1.82) is 0 Å². The van der Waals surface area contributed by atoms with E-state index in [0.717, 1.165) is 18.7 Å². The van der Waals surface area contributed by atoms with Gasteiger partial charge in [-0.2, -0.15) is 0 Å². The van der Waals surface area contributed by atoms with Crippen LogP contribution in [0.3, 0.4) is 0 Å². The fourth-order valence-corrected chi connectivity index (χ4v) is 5.15. The van der Waals surface area contributed by atoms with Gasteiger partial charge in [-0.25, -0.2) is 0 Å². The molecule has 1 aromatic carbocycles. The molecule has 4 rings (SSSR count). The highest BCUT2D eigenvalue weighted by molar-refractivity contribution is 9.10. The molecule has 0 N–H and O–H groups in total. The predicted octanol–water partition coefficient (Wildman–Crippen LogP) is 4.95. The van der Waals surface area contributed by atoms with E-state index in [4.69, 9.17) is 4.42 Å². The van der Waals surface area contributed by atoms with Gasteiger partial charge in [-0.05, 0) is 51.9 Å². The maximum Gasteiger partial charge on any atom is 0.233 e. The van der Waals surface area contributed by atoms with Crippen molar-refractivity contribution in [2.75, 3.05) is 18.8 Å². The lowest BCUT2D eigenvalue weighted by Crippen LogP contribution is -2.43. The van der Waals surface area contributed by atoms with E-state index in [9.17, 15) is 4.79 Å². The third-order valence-electron chi connectivity index (χ3n) is 5.24. The highest BCUT2D eigenvalue weighted by Crippen LogP contribution is 2.29. The number of amides is 1. The summed E-state index contributed by atoms with van der Waals surface area (Å²) in [4.78, 5) is 14.8. The number of carbonyl (C=O) groups is 1. The zero-order chi connectivity index (χ0) is 21.1. The molecule has 30 heavy (non-hydrogen) atoms. The average molecular weight is 489 g/mol. The van der Waals surface area contributed by atoms with Crippen molar-refractivity contribution in [2.45, 2.75) is 32.0 Å². The molecular weight excluding hydrogens is 464 g/mol. The minimum absolute atomic E-state index is 0.162. The first kappa shape index (κ1) is 21.2. The number of piperidine rings is 1. The Labute approximate surface area is 189 Å². The lowest BCUT2D eigenvalue weighted by molar-refractivity contribution is -0.130. The normalized spacial score (nSPS) is 19.2. The van der Waals surface area contributed by atoms with E-state index in [2.05, 4.69) is 52.1 Å². The molecule has 3 heterocycles. The number of nitrogens with zero attached hydrogens (tertiary/aromatic N) is 4. The summed E-state index contributed by atoms with van der Waals surface area (Å²) in [5.74, 6) is 2.91. The first-order valence-electron chi connectivity index (χ1n) is 10.1. The van der Waals surface area contributed by atoms with Crippen LogP contribution in [0.4, 0.5) is 0 Å². The van der Waals surface area contributed by atoms with Gasteiger partial charge in [-0.3, -0.25) is 9.36 Å². The lowest BCUT2D eigenvalue weighted by Gasteiger charge is -2.34. The number of thioether (sulfide) groups is 1. The van der Waals surface area contributed by atoms with E-state index in [1.165, 1.54) is 18.2 Å². The van der Waals surface area contributed by atoms with Crippen LogP contribution in [0.15, 0.2) is 56.7 Å². The van der Waals surface area contributed by atoms with Gasteiger partial charge in [0.15, 0.2) is 15.6 Å². The number of hydrogen-bond donors (Lipinski definition) is 0. The van der Waals surface area contributed by atoms with Crippen molar-refractivity contribution >= 4 is 33.6 Å². The first-order chi connectivity index (χ1) is 14.5. The average Bonchev–Trinajstić information content (AvgIpc) is 3.32. The van der Waals surface area contributed by atoms with E-state index < -0.39 is 0 Å². The highest BCUT2D eigenvalue weighted by atomic mass is 79.9. The number of rotatable bonds is 6. The first-order valence-corrected chi connectivity index (χ1v) is 11.9. The summed E-state index contributed by atoms with van der Waals surface area (Å²) in [6.07, 6.45) is 1.18. The molecule has 1 fully saturated rings. The van der Waals surface area contributed by atoms with Crippen molar-refractivity contribution in [1.82, 2.24) is 19.7 Å². The molecule has 2 aromatic heterocycles. The number of likely N-dealkylation sites (tertiary alicyclic amines) is 1. The number of benzene rings is 1. The van der Waals surface area contributed by atoms with Gasteiger partial charge in [0.05, 0.1) is 12.3 Å². The van der Waals surface area contributed by atoms with Crippen molar-refractivity contribution in [3.63, 3.8) is 0 Å². The quantitative estimate of drug-likeness (QED) is 0.459. The van der Waals surface area contributed by atoms with Gasteiger partial charge in [0.2, 0.25) is 11.7 Å². The molecule has 1 aliphatic heterocycles. The van der Waals surface area contributed by atoms with E-state index in [0.29, 0.717) is 45.5 Å². The Morgan fingerprint density at radius 3 is 2.53 bits per heavy atom. The fourth-order valence-electron chi connectivity index (χ4n) is 4.00. The van der Waals surface area contributed by atoms with Crippen LogP contribution in [-0.4, -0.2) is 44.4 Å². The molecular formula is C22H25BrN4O2S. The molecule has 0 unspecified atom stereocenters. The van der Waals surface area contributed by atoms with Crippen molar-refractivity contribution in [3.05, 3.63) is 52.7 Å². The monoisotopic (exact) mass is 488 g/mol. The Morgan fingerprint density at radius 2 is 1.87 bits per heavy atom. The molecule has 0 radical (unpaired) electrons. The van der Waals surface area contributed by atoms with Crippen LogP contribution in [0.2, 0.25) is 0 Å². The van der Waals surface area contributed by atoms with Crippen molar-refractivity contribution < 1.29 is 9.21 Å². The Hall–Kier alpha value is -2.06. The van der Waals surface area contributed by atoms with Gasteiger partial charge in [0.25, 0.3) is 0 Å². The largest absolute Gasteiger partial charge is 0.446 e. The maximum absolute atomic E-state index is 12.8. The van der Waals surface area contributed by atoms with Crippen LogP contribution in [0, 0.1) is 11.8 Å². The minimum atomic E-state index is 0.162. The summed E-state index contributed by atoms with van der Waals surface area (Å²) in [5.41, 5.74) is 1.14. The summed E-state index contributed by atoms with van der Waals surface area (Å²) in [7, 11) is 0. The summed E-state index contributed by atoms with van der Waals surface area (Å²) in [6.45, 7) is 6.72. The summed E-state index contributed by atoms with van der Waals surface area (Å²) < 4.78 is 8.37. The van der Waals surface area contributed by atoms with Gasteiger partial charge in [0, 0.05) is 13.1 Å². The molecule has 0 spiro atoms. The third-order valence-corrected chi connectivity index (χ3v) is 6.62. The van der Waals surface area contributed by atoms with E-state index in [-0.39, 0.29) is 5.91 Å². The van der Waals surface area contributed by atoms with Crippen molar-refractivity contribution in [2.24, 2.45) is 11.8 Å². The predicted molar refractivity (Wildman–Crippen MR) is 121 cm³/mol. The molecule has 0 bridgehead atoms. The van der Waals surface area contributed by atoms with Crippen LogP contribution in [-0.2, 0) is 11.3 Å². The fraction of sp³-hybridized carbons (Fsp3) is 0.409. The van der Waals surface area contributed by atoms with Crippen LogP contribution < -0.4 is 0 Å².